The Balaban J connectivity index is 1.82. The van der Waals surface area contributed by atoms with E-state index in [-0.39, 0.29) is 25.5 Å². The number of nitrogens with one attached hydrogen (secondary N) is 1. The molecule has 23 heavy (non-hydrogen) atoms. The van der Waals surface area contributed by atoms with Gasteiger partial charge in [0.15, 0.2) is 0 Å². The SMILES string of the molecule is Cn1cc(Cl)cc1C(=O)NCC1(O)CN(C(=O)OC(C)(C)C)C1. The standard InChI is InChI=1S/C15H22ClN3O4/c1-14(2,3)23-13(21)19-8-15(22,9-19)7-17-12(20)11-5-10(16)6-18(11)4/h5-6,22H,7-9H2,1-4H3,(H,17,20). The Morgan fingerprint density at radius 1 is 1.43 bits per heavy atom. The molecule has 0 aromatic carbocycles. The summed E-state index contributed by atoms with van der Waals surface area (Å²) in [5.41, 5.74) is -1.31. The molecule has 2 rings (SSSR count). The molecule has 2 heterocycles. The number of likely N-dealkylation sites (tertiary alicyclic amines) is 1. The first kappa shape index (κ1) is 17.6. The summed E-state index contributed by atoms with van der Waals surface area (Å²) in [6, 6.07) is 1.55. The molecule has 2 N–H and O–H groups in total. The van der Waals surface area contributed by atoms with E-state index in [4.69, 9.17) is 16.3 Å². The number of β-amino-alcohol motifs (C(OH)–C–C–N with tert-alkyl or cyclic N) is 1. The summed E-state index contributed by atoms with van der Waals surface area (Å²) in [5, 5.41) is 13.4. The number of halogens is 1. The maximum atomic E-state index is 12.1. The first-order valence-corrected chi connectivity index (χ1v) is 7.67. The fraction of sp³-hybridized carbons (Fsp3) is 0.600. The molecule has 0 aliphatic carbocycles. The van der Waals surface area contributed by atoms with Crippen molar-refractivity contribution in [2.45, 2.75) is 32.0 Å². The van der Waals surface area contributed by atoms with E-state index >= 15 is 0 Å². The van der Waals surface area contributed by atoms with Gasteiger partial charge < -0.3 is 24.6 Å². The molecule has 0 atom stereocenters. The van der Waals surface area contributed by atoms with Crippen LogP contribution in [0.4, 0.5) is 4.79 Å². The number of amides is 2. The van der Waals surface area contributed by atoms with E-state index in [0.29, 0.717) is 10.7 Å². The van der Waals surface area contributed by atoms with Crippen molar-refractivity contribution in [3.8, 4) is 0 Å². The average Bonchev–Trinajstić information content (AvgIpc) is 2.69. The average molecular weight is 344 g/mol. The van der Waals surface area contributed by atoms with Gasteiger partial charge in [-0.3, -0.25) is 4.79 Å². The molecule has 8 heteroatoms. The van der Waals surface area contributed by atoms with Crippen molar-refractivity contribution in [1.29, 1.82) is 0 Å². The van der Waals surface area contributed by atoms with E-state index in [1.165, 1.54) is 4.90 Å². The third kappa shape index (κ3) is 4.39. The zero-order valence-electron chi connectivity index (χ0n) is 13.7. The molecule has 0 bridgehead atoms. The van der Waals surface area contributed by atoms with Crippen LogP contribution in [0.3, 0.4) is 0 Å². The number of aliphatic hydroxyl groups is 1. The summed E-state index contributed by atoms with van der Waals surface area (Å²) in [6.45, 7) is 5.63. The number of rotatable bonds is 3. The maximum absolute atomic E-state index is 12.1. The fourth-order valence-electron chi connectivity index (χ4n) is 2.32. The Labute approximate surface area is 140 Å². The van der Waals surface area contributed by atoms with Gasteiger partial charge in [-0.25, -0.2) is 4.79 Å². The van der Waals surface area contributed by atoms with Crippen molar-refractivity contribution >= 4 is 23.6 Å². The van der Waals surface area contributed by atoms with Gasteiger partial charge in [0.1, 0.15) is 16.9 Å². The van der Waals surface area contributed by atoms with Gasteiger partial charge in [-0.05, 0) is 26.8 Å². The molecule has 1 saturated heterocycles. The van der Waals surface area contributed by atoms with Gasteiger partial charge in [0, 0.05) is 13.2 Å². The highest BCUT2D eigenvalue weighted by Crippen LogP contribution is 2.23. The zero-order chi connectivity index (χ0) is 17.4. The molecule has 0 spiro atoms. The Kier molecular flexibility index (Phi) is 4.64. The molecule has 1 aromatic rings. The molecule has 0 unspecified atom stereocenters. The van der Waals surface area contributed by atoms with Gasteiger partial charge in [0.2, 0.25) is 0 Å². The first-order valence-electron chi connectivity index (χ1n) is 7.29. The fourth-order valence-corrected chi connectivity index (χ4v) is 2.57. The minimum atomic E-state index is -1.14. The van der Waals surface area contributed by atoms with E-state index in [0.717, 1.165) is 0 Å². The van der Waals surface area contributed by atoms with E-state index in [1.54, 1.807) is 44.6 Å². The maximum Gasteiger partial charge on any atom is 0.410 e. The summed E-state index contributed by atoms with van der Waals surface area (Å²) in [5.74, 6) is -0.330. The van der Waals surface area contributed by atoms with Crippen LogP contribution in [-0.4, -0.2) is 57.4 Å². The monoisotopic (exact) mass is 343 g/mol. The van der Waals surface area contributed by atoms with E-state index < -0.39 is 17.3 Å². The van der Waals surface area contributed by atoms with Crippen LogP contribution in [0, 0.1) is 0 Å². The van der Waals surface area contributed by atoms with Gasteiger partial charge in [-0.2, -0.15) is 0 Å². The quantitative estimate of drug-likeness (QED) is 0.868. The summed E-state index contributed by atoms with van der Waals surface area (Å²) in [4.78, 5) is 25.3. The Bertz CT molecular complexity index is 615. The molecule has 0 saturated carbocycles. The molecule has 0 radical (unpaired) electrons. The third-order valence-corrected chi connectivity index (χ3v) is 3.61. The van der Waals surface area contributed by atoms with Crippen LogP contribution in [0.15, 0.2) is 12.3 Å². The molecular formula is C15H22ClN3O4. The van der Waals surface area contributed by atoms with Crippen molar-refractivity contribution in [2.24, 2.45) is 7.05 Å². The molecule has 2 amide bonds. The van der Waals surface area contributed by atoms with Crippen LogP contribution >= 0.6 is 11.6 Å². The van der Waals surface area contributed by atoms with Gasteiger partial charge >= 0.3 is 6.09 Å². The number of aromatic nitrogens is 1. The van der Waals surface area contributed by atoms with E-state index in [2.05, 4.69) is 5.32 Å². The molecule has 128 valence electrons. The summed E-state index contributed by atoms with van der Waals surface area (Å²) in [6.07, 6.45) is 1.15. The summed E-state index contributed by atoms with van der Waals surface area (Å²) < 4.78 is 6.83. The summed E-state index contributed by atoms with van der Waals surface area (Å²) in [7, 11) is 1.71. The van der Waals surface area contributed by atoms with Crippen molar-refractivity contribution in [1.82, 2.24) is 14.8 Å². The second-order valence-corrected chi connectivity index (χ2v) is 7.33. The highest BCUT2D eigenvalue weighted by atomic mass is 35.5. The van der Waals surface area contributed by atoms with Crippen LogP contribution in [-0.2, 0) is 11.8 Å². The van der Waals surface area contributed by atoms with Crippen LogP contribution in [0.1, 0.15) is 31.3 Å². The van der Waals surface area contributed by atoms with Crippen LogP contribution in [0.5, 0.6) is 0 Å². The zero-order valence-corrected chi connectivity index (χ0v) is 14.5. The van der Waals surface area contributed by atoms with Crippen LogP contribution in [0.25, 0.3) is 0 Å². The Morgan fingerprint density at radius 3 is 2.52 bits per heavy atom. The number of ether oxygens (including phenoxy) is 1. The van der Waals surface area contributed by atoms with Crippen LogP contribution in [0.2, 0.25) is 5.02 Å². The predicted octanol–water partition coefficient (Wildman–Crippen LogP) is 1.39. The third-order valence-electron chi connectivity index (χ3n) is 3.40. The molecule has 1 aliphatic heterocycles. The van der Waals surface area contributed by atoms with Gasteiger partial charge in [-0.15, -0.1) is 0 Å². The number of nitrogens with zero attached hydrogens (tertiary/aromatic N) is 2. The first-order chi connectivity index (χ1) is 10.5. The highest BCUT2D eigenvalue weighted by Gasteiger charge is 2.45. The molecule has 1 fully saturated rings. The van der Waals surface area contributed by atoms with Gasteiger partial charge in [-0.1, -0.05) is 11.6 Å². The van der Waals surface area contributed by atoms with Crippen molar-refractivity contribution in [3.05, 3.63) is 23.0 Å². The number of aryl methyl sites for hydroxylation is 1. The highest BCUT2D eigenvalue weighted by molar-refractivity contribution is 6.31. The lowest BCUT2D eigenvalue weighted by Crippen LogP contribution is -2.68. The van der Waals surface area contributed by atoms with Crippen molar-refractivity contribution < 1.29 is 19.4 Å². The normalized spacial score (nSPS) is 16.7. The smallest absolute Gasteiger partial charge is 0.410 e. The number of hydrogen-bond acceptors (Lipinski definition) is 4. The minimum Gasteiger partial charge on any atom is -0.444 e. The predicted molar refractivity (Wildman–Crippen MR) is 85.5 cm³/mol. The Morgan fingerprint density at radius 2 is 2.04 bits per heavy atom. The molecule has 7 nitrogen and oxygen atoms in total. The molecule has 1 aliphatic rings. The number of carbonyl (C=O) groups is 2. The largest absolute Gasteiger partial charge is 0.444 e. The second-order valence-electron chi connectivity index (χ2n) is 6.90. The molecular weight excluding hydrogens is 322 g/mol. The number of carbonyl (C=O) groups excluding carboxylic acids is 2. The van der Waals surface area contributed by atoms with Crippen molar-refractivity contribution in [3.63, 3.8) is 0 Å². The minimum absolute atomic E-state index is 0.0495. The number of hydrogen-bond donors (Lipinski definition) is 2. The summed E-state index contributed by atoms with van der Waals surface area (Å²) >= 11 is 5.84. The molecule has 1 aromatic heterocycles. The van der Waals surface area contributed by atoms with Gasteiger partial charge in [0.05, 0.1) is 24.7 Å². The van der Waals surface area contributed by atoms with Crippen LogP contribution < -0.4 is 5.32 Å². The lowest BCUT2D eigenvalue weighted by molar-refractivity contribution is -0.0948. The Hall–Kier alpha value is -1.73. The van der Waals surface area contributed by atoms with Gasteiger partial charge in [0.25, 0.3) is 5.91 Å². The van der Waals surface area contributed by atoms with Crippen molar-refractivity contribution in [2.75, 3.05) is 19.6 Å². The topological polar surface area (TPSA) is 83.8 Å². The van der Waals surface area contributed by atoms with E-state index in [1.807, 2.05) is 0 Å². The van der Waals surface area contributed by atoms with E-state index in [9.17, 15) is 14.7 Å². The lowest BCUT2D eigenvalue weighted by atomic mass is 9.94. The second kappa shape index (κ2) is 6.05. The lowest BCUT2D eigenvalue weighted by Gasteiger charge is -2.46.